The third kappa shape index (κ3) is 3.98. The van der Waals surface area contributed by atoms with E-state index in [9.17, 15) is 31.3 Å². The summed E-state index contributed by atoms with van der Waals surface area (Å²) < 4.78 is 83.5. The molecule has 0 aliphatic carbocycles. The highest BCUT2D eigenvalue weighted by Crippen LogP contribution is 2.40. The molecule has 0 saturated heterocycles. The maximum Gasteiger partial charge on any atom is 0.422 e. The zero-order valence-electron chi connectivity index (χ0n) is 12.8. The number of aliphatic hydroxyl groups is 1. The molecule has 0 amide bonds. The average molecular weight is 380 g/mol. The molecule has 2 unspecified atom stereocenters. The number of methoxy groups -OCH3 is 1. The van der Waals surface area contributed by atoms with Gasteiger partial charge in [0, 0.05) is 4.90 Å². The Balaban J connectivity index is 2.39. The fourth-order valence-corrected chi connectivity index (χ4v) is 3.42. The number of hydrogen-bond acceptors (Lipinski definition) is 3. The number of halogens is 5. The summed E-state index contributed by atoms with van der Waals surface area (Å²) in [5.74, 6) is -3.56. The molecule has 3 nitrogen and oxygen atoms in total. The molecule has 25 heavy (non-hydrogen) atoms. The van der Waals surface area contributed by atoms with Gasteiger partial charge in [-0.05, 0) is 35.9 Å². The van der Waals surface area contributed by atoms with Gasteiger partial charge in [-0.1, -0.05) is 12.1 Å². The fraction of sp³-hybridized carbons (Fsp3) is 0.250. The molecule has 2 atom stereocenters. The van der Waals surface area contributed by atoms with Gasteiger partial charge in [0.2, 0.25) is 0 Å². The molecule has 2 aromatic rings. The monoisotopic (exact) mass is 380 g/mol. The predicted molar refractivity (Wildman–Crippen MR) is 80.6 cm³/mol. The van der Waals surface area contributed by atoms with Crippen LogP contribution in [-0.4, -0.2) is 28.4 Å². The zero-order chi connectivity index (χ0) is 18.8. The molecule has 2 aromatic carbocycles. The van der Waals surface area contributed by atoms with Crippen molar-refractivity contribution in [2.75, 3.05) is 12.9 Å². The van der Waals surface area contributed by atoms with Crippen molar-refractivity contribution < 1.29 is 36.0 Å². The standard InChI is InChI=1S/C16H13F5O3S/c1-24-11-4-2-10(3-5-11)15(22,16(19,20)21)9-25(23)12-6-7-13(17)14(18)8-12/h2-8,22H,9H2,1H3. The van der Waals surface area contributed by atoms with Crippen LogP contribution in [0, 0.1) is 11.6 Å². The fourth-order valence-electron chi connectivity index (χ4n) is 2.09. The highest BCUT2D eigenvalue weighted by Gasteiger charge is 2.56. The molecule has 0 fully saturated rings. The van der Waals surface area contributed by atoms with Crippen LogP contribution < -0.4 is 4.74 Å². The second kappa shape index (κ2) is 7.09. The lowest BCUT2D eigenvalue weighted by Crippen LogP contribution is -2.46. The molecule has 136 valence electrons. The van der Waals surface area contributed by atoms with E-state index in [2.05, 4.69) is 0 Å². The minimum absolute atomic E-state index is 0.273. The molecular formula is C16H13F5O3S. The van der Waals surface area contributed by atoms with E-state index in [1.165, 1.54) is 19.2 Å². The third-order valence-corrected chi connectivity index (χ3v) is 4.99. The van der Waals surface area contributed by atoms with E-state index in [0.29, 0.717) is 12.1 Å². The van der Waals surface area contributed by atoms with Crippen LogP contribution in [0.15, 0.2) is 47.4 Å². The van der Waals surface area contributed by atoms with Gasteiger partial charge in [0.15, 0.2) is 17.2 Å². The Hall–Kier alpha value is -2.00. The molecule has 0 heterocycles. The van der Waals surface area contributed by atoms with Gasteiger partial charge in [-0.25, -0.2) is 8.78 Å². The molecule has 0 radical (unpaired) electrons. The molecule has 0 aliphatic rings. The average Bonchev–Trinajstić information content (AvgIpc) is 2.56. The first-order valence-corrected chi connectivity index (χ1v) is 8.17. The number of benzene rings is 2. The Kier molecular flexibility index (Phi) is 5.48. The summed E-state index contributed by atoms with van der Waals surface area (Å²) in [5, 5.41) is 10.2. The van der Waals surface area contributed by atoms with E-state index in [0.717, 1.165) is 18.2 Å². The Morgan fingerprint density at radius 1 is 1.04 bits per heavy atom. The van der Waals surface area contributed by atoms with Gasteiger partial charge in [-0.15, -0.1) is 0 Å². The lowest BCUT2D eigenvalue weighted by atomic mass is 9.95. The van der Waals surface area contributed by atoms with Crippen LogP contribution in [0.4, 0.5) is 22.0 Å². The summed E-state index contributed by atoms with van der Waals surface area (Å²) in [4.78, 5) is -0.366. The van der Waals surface area contributed by atoms with Crippen LogP contribution in [0.25, 0.3) is 0 Å². The van der Waals surface area contributed by atoms with Gasteiger partial charge in [0.05, 0.1) is 23.7 Å². The van der Waals surface area contributed by atoms with E-state index < -0.39 is 45.5 Å². The zero-order valence-corrected chi connectivity index (χ0v) is 13.6. The Bertz CT molecular complexity index is 776. The van der Waals surface area contributed by atoms with E-state index in [4.69, 9.17) is 4.74 Å². The summed E-state index contributed by atoms with van der Waals surface area (Å²) in [7, 11) is -1.11. The molecule has 0 saturated carbocycles. The van der Waals surface area contributed by atoms with Gasteiger partial charge in [0.25, 0.3) is 0 Å². The first kappa shape index (κ1) is 19.3. The predicted octanol–water partition coefficient (Wildman–Crippen LogP) is 3.53. The SMILES string of the molecule is COc1ccc(C(O)(CS(=O)c2ccc(F)c(F)c2)C(F)(F)F)cc1. The van der Waals surface area contributed by atoms with E-state index in [1.807, 2.05) is 0 Å². The molecule has 9 heteroatoms. The van der Waals surface area contributed by atoms with Crippen molar-refractivity contribution >= 4 is 10.8 Å². The number of hydrogen-bond donors (Lipinski definition) is 1. The minimum atomic E-state index is -5.14. The van der Waals surface area contributed by atoms with Crippen molar-refractivity contribution in [1.29, 1.82) is 0 Å². The molecule has 1 N–H and O–H groups in total. The van der Waals surface area contributed by atoms with Crippen molar-refractivity contribution in [1.82, 2.24) is 0 Å². The summed E-state index contributed by atoms with van der Waals surface area (Å²) in [6, 6.07) is 6.51. The van der Waals surface area contributed by atoms with Crippen molar-refractivity contribution in [3.63, 3.8) is 0 Å². The Morgan fingerprint density at radius 3 is 2.12 bits per heavy atom. The van der Waals surface area contributed by atoms with Gasteiger partial charge < -0.3 is 9.84 Å². The van der Waals surface area contributed by atoms with E-state index in [-0.39, 0.29) is 10.6 Å². The van der Waals surface area contributed by atoms with Crippen molar-refractivity contribution in [2.24, 2.45) is 0 Å². The highest BCUT2D eigenvalue weighted by atomic mass is 32.2. The topological polar surface area (TPSA) is 46.5 Å². The largest absolute Gasteiger partial charge is 0.497 e. The lowest BCUT2D eigenvalue weighted by Gasteiger charge is -2.30. The van der Waals surface area contributed by atoms with Crippen LogP contribution in [0.1, 0.15) is 5.56 Å². The first-order chi connectivity index (χ1) is 11.6. The van der Waals surface area contributed by atoms with E-state index in [1.54, 1.807) is 0 Å². The summed E-state index contributed by atoms with van der Waals surface area (Å²) >= 11 is 0. The molecule has 0 bridgehead atoms. The highest BCUT2D eigenvalue weighted by molar-refractivity contribution is 7.85. The van der Waals surface area contributed by atoms with Crippen molar-refractivity contribution in [3.05, 3.63) is 59.7 Å². The van der Waals surface area contributed by atoms with Gasteiger partial charge in [-0.3, -0.25) is 4.21 Å². The molecule has 0 aliphatic heterocycles. The Morgan fingerprint density at radius 2 is 1.64 bits per heavy atom. The maximum atomic E-state index is 13.4. The molecular weight excluding hydrogens is 367 g/mol. The second-order valence-electron chi connectivity index (χ2n) is 5.15. The maximum absolute atomic E-state index is 13.4. The van der Waals surface area contributed by atoms with Crippen molar-refractivity contribution in [2.45, 2.75) is 16.7 Å². The van der Waals surface area contributed by atoms with Crippen LogP contribution >= 0.6 is 0 Å². The van der Waals surface area contributed by atoms with Crippen LogP contribution in [-0.2, 0) is 16.4 Å². The molecule has 0 spiro atoms. The number of rotatable bonds is 5. The smallest absolute Gasteiger partial charge is 0.422 e. The number of ether oxygens (including phenoxy) is 1. The van der Waals surface area contributed by atoms with Crippen LogP contribution in [0.5, 0.6) is 5.75 Å². The second-order valence-corrected chi connectivity index (χ2v) is 6.60. The van der Waals surface area contributed by atoms with Gasteiger partial charge in [-0.2, -0.15) is 13.2 Å². The quantitative estimate of drug-likeness (QED) is 0.808. The van der Waals surface area contributed by atoms with Gasteiger partial charge >= 0.3 is 6.18 Å². The first-order valence-electron chi connectivity index (χ1n) is 6.85. The minimum Gasteiger partial charge on any atom is -0.497 e. The van der Waals surface area contributed by atoms with Crippen LogP contribution in [0.2, 0.25) is 0 Å². The summed E-state index contributed by atoms with van der Waals surface area (Å²) in [6.45, 7) is 0. The normalized spacial score (nSPS) is 15.5. The molecule has 0 aromatic heterocycles. The van der Waals surface area contributed by atoms with Gasteiger partial charge in [0.1, 0.15) is 5.75 Å². The van der Waals surface area contributed by atoms with Crippen molar-refractivity contribution in [3.8, 4) is 5.75 Å². The van der Waals surface area contributed by atoms with Crippen LogP contribution in [0.3, 0.4) is 0 Å². The lowest BCUT2D eigenvalue weighted by molar-refractivity contribution is -0.256. The third-order valence-electron chi connectivity index (χ3n) is 3.53. The summed E-state index contributed by atoms with van der Waals surface area (Å²) in [6.07, 6.45) is -5.14. The van der Waals surface area contributed by atoms with E-state index >= 15 is 0 Å². The molecule has 2 rings (SSSR count). The Labute approximate surface area is 142 Å². The summed E-state index contributed by atoms with van der Waals surface area (Å²) in [5.41, 5.74) is -3.98. The number of alkyl halides is 3.